The number of nitrogens with one attached hydrogen (secondary N) is 1. The summed E-state index contributed by atoms with van der Waals surface area (Å²) in [4.78, 5) is 8.27. The van der Waals surface area contributed by atoms with Crippen molar-refractivity contribution >= 4 is 33.0 Å². The predicted octanol–water partition coefficient (Wildman–Crippen LogP) is 1.30. The molecule has 3 rings (SSSR count). The van der Waals surface area contributed by atoms with Gasteiger partial charge in [0.1, 0.15) is 0 Å². The maximum absolute atomic E-state index is 11.7. The molecule has 1 aromatic carbocycles. The van der Waals surface area contributed by atoms with Crippen molar-refractivity contribution in [2.45, 2.75) is 12.5 Å². The SMILES string of the molecule is CN(C)c1ccc(Nc2cnnc(N(C)C3CCS(=O)(=O)C3)n2)cc1. The molecule has 8 nitrogen and oxygen atoms in total. The number of hydrogen-bond donors (Lipinski definition) is 1. The number of benzene rings is 1. The van der Waals surface area contributed by atoms with Crippen LogP contribution in [0.2, 0.25) is 0 Å². The van der Waals surface area contributed by atoms with Gasteiger partial charge in [0.05, 0.1) is 17.7 Å². The van der Waals surface area contributed by atoms with E-state index in [1.54, 1.807) is 18.1 Å². The molecular formula is C16H22N6O2S. The second kappa shape index (κ2) is 6.83. The van der Waals surface area contributed by atoms with E-state index in [0.717, 1.165) is 11.4 Å². The molecule has 1 atom stereocenters. The van der Waals surface area contributed by atoms with Gasteiger partial charge in [-0.05, 0) is 30.7 Å². The standard InChI is InChI=1S/C16H22N6O2S/c1-21(2)13-6-4-12(5-7-13)18-15-10-17-20-16(19-15)22(3)14-8-9-25(23,24)11-14/h4-7,10,14H,8-9,11H2,1-3H3,(H,18,19,20). The number of aromatic nitrogens is 3. The zero-order valence-corrected chi connectivity index (χ0v) is 15.4. The lowest BCUT2D eigenvalue weighted by Gasteiger charge is -2.23. The van der Waals surface area contributed by atoms with E-state index in [9.17, 15) is 8.42 Å². The molecule has 0 amide bonds. The molecule has 1 aliphatic heterocycles. The number of rotatable bonds is 5. The van der Waals surface area contributed by atoms with E-state index < -0.39 is 9.84 Å². The summed E-state index contributed by atoms with van der Waals surface area (Å²) in [5.74, 6) is 1.33. The lowest BCUT2D eigenvalue weighted by Crippen LogP contribution is -2.34. The van der Waals surface area contributed by atoms with Crippen LogP contribution in [0.25, 0.3) is 0 Å². The van der Waals surface area contributed by atoms with Gasteiger partial charge in [0.15, 0.2) is 15.7 Å². The summed E-state index contributed by atoms with van der Waals surface area (Å²) in [5, 5.41) is 11.2. The molecule has 1 fully saturated rings. The Morgan fingerprint density at radius 2 is 1.88 bits per heavy atom. The molecular weight excluding hydrogens is 340 g/mol. The zero-order chi connectivity index (χ0) is 18.0. The fraction of sp³-hybridized carbons (Fsp3) is 0.438. The van der Waals surface area contributed by atoms with Crippen molar-refractivity contribution in [3.63, 3.8) is 0 Å². The molecule has 0 spiro atoms. The Balaban J connectivity index is 1.73. The van der Waals surface area contributed by atoms with Gasteiger partial charge in [-0.15, -0.1) is 5.10 Å². The van der Waals surface area contributed by atoms with Crippen molar-refractivity contribution in [1.82, 2.24) is 15.2 Å². The Morgan fingerprint density at radius 1 is 1.16 bits per heavy atom. The lowest BCUT2D eigenvalue weighted by molar-refractivity contribution is 0.600. The van der Waals surface area contributed by atoms with E-state index >= 15 is 0 Å². The highest BCUT2D eigenvalue weighted by molar-refractivity contribution is 7.91. The van der Waals surface area contributed by atoms with Crippen molar-refractivity contribution in [3.05, 3.63) is 30.5 Å². The van der Waals surface area contributed by atoms with Crippen LogP contribution in [0.3, 0.4) is 0 Å². The van der Waals surface area contributed by atoms with Gasteiger partial charge in [0.25, 0.3) is 0 Å². The molecule has 0 radical (unpaired) electrons. The van der Waals surface area contributed by atoms with E-state index in [4.69, 9.17) is 0 Å². The summed E-state index contributed by atoms with van der Waals surface area (Å²) in [6, 6.07) is 7.83. The summed E-state index contributed by atoms with van der Waals surface area (Å²) < 4.78 is 23.3. The largest absolute Gasteiger partial charge is 0.378 e. The van der Waals surface area contributed by atoms with Gasteiger partial charge in [-0.25, -0.2) is 8.42 Å². The van der Waals surface area contributed by atoms with E-state index in [1.165, 1.54) is 0 Å². The van der Waals surface area contributed by atoms with Crippen LogP contribution in [-0.2, 0) is 9.84 Å². The highest BCUT2D eigenvalue weighted by Gasteiger charge is 2.31. The van der Waals surface area contributed by atoms with Crippen molar-refractivity contribution in [3.8, 4) is 0 Å². The quantitative estimate of drug-likeness (QED) is 0.851. The number of anilines is 4. The first kappa shape index (κ1) is 17.4. The van der Waals surface area contributed by atoms with Crippen LogP contribution in [0.1, 0.15) is 6.42 Å². The fourth-order valence-electron chi connectivity index (χ4n) is 2.74. The molecule has 1 aliphatic rings. The fourth-order valence-corrected chi connectivity index (χ4v) is 4.51. The first-order valence-electron chi connectivity index (χ1n) is 8.01. The Kier molecular flexibility index (Phi) is 4.76. The van der Waals surface area contributed by atoms with Crippen molar-refractivity contribution < 1.29 is 8.42 Å². The van der Waals surface area contributed by atoms with Gasteiger partial charge < -0.3 is 15.1 Å². The van der Waals surface area contributed by atoms with Crippen LogP contribution in [-0.4, -0.2) is 62.3 Å². The highest BCUT2D eigenvalue weighted by Crippen LogP contribution is 2.22. The van der Waals surface area contributed by atoms with Crippen molar-refractivity contribution in [2.24, 2.45) is 0 Å². The van der Waals surface area contributed by atoms with Crippen LogP contribution in [0.15, 0.2) is 30.5 Å². The third-order valence-corrected chi connectivity index (χ3v) is 6.03. The summed E-state index contributed by atoms with van der Waals surface area (Å²) in [7, 11) is 2.82. The van der Waals surface area contributed by atoms with E-state index in [2.05, 4.69) is 20.5 Å². The van der Waals surface area contributed by atoms with Gasteiger partial charge in [0, 0.05) is 38.6 Å². The normalized spacial score (nSPS) is 18.8. The summed E-state index contributed by atoms with van der Waals surface area (Å²) in [6.45, 7) is 0. The van der Waals surface area contributed by atoms with E-state index in [1.807, 2.05) is 43.3 Å². The summed E-state index contributed by atoms with van der Waals surface area (Å²) >= 11 is 0. The molecule has 0 aliphatic carbocycles. The van der Waals surface area contributed by atoms with Crippen molar-refractivity contribution in [1.29, 1.82) is 0 Å². The number of hydrogen-bond acceptors (Lipinski definition) is 8. The molecule has 134 valence electrons. The molecule has 1 aromatic heterocycles. The van der Waals surface area contributed by atoms with Crippen LogP contribution in [0.5, 0.6) is 0 Å². The van der Waals surface area contributed by atoms with E-state index in [-0.39, 0.29) is 17.5 Å². The monoisotopic (exact) mass is 362 g/mol. The Bertz CT molecular complexity index is 838. The molecule has 2 heterocycles. The minimum Gasteiger partial charge on any atom is -0.378 e. The minimum absolute atomic E-state index is 0.110. The van der Waals surface area contributed by atoms with Gasteiger partial charge in [-0.3, -0.25) is 0 Å². The third kappa shape index (κ3) is 4.16. The molecule has 0 saturated carbocycles. The number of nitrogens with zero attached hydrogens (tertiary/aromatic N) is 5. The summed E-state index contributed by atoms with van der Waals surface area (Å²) in [6.07, 6.45) is 2.13. The molecule has 9 heteroatoms. The second-order valence-electron chi connectivity index (χ2n) is 6.38. The Morgan fingerprint density at radius 3 is 2.48 bits per heavy atom. The topological polar surface area (TPSA) is 91.3 Å². The van der Waals surface area contributed by atoms with Gasteiger partial charge in [-0.1, -0.05) is 0 Å². The molecule has 1 N–H and O–H groups in total. The predicted molar refractivity (Wildman–Crippen MR) is 99.3 cm³/mol. The first-order valence-corrected chi connectivity index (χ1v) is 9.83. The van der Waals surface area contributed by atoms with Gasteiger partial charge in [-0.2, -0.15) is 10.1 Å². The third-order valence-electron chi connectivity index (χ3n) is 4.28. The molecule has 2 aromatic rings. The highest BCUT2D eigenvalue weighted by atomic mass is 32.2. The van der Waals surface area contributed by atoms with Gasteiger partial charge >= 0.3 is 0 Å². The smallest absolute Gasteiger partial charge is 0.247 e. The second-order valence-corrected chi connectivity index (χ2v) is 8.60. The molecule has 1 saturated heterocycles. The summed E-state index contributed by atoms with van der Waals surface area (Å²) in [5.41, 5.74) is 2.00. The van der Waals surface area contributed by atoms with Crippen LogP contribution >= 0.6 is 0 Å². The average molecular weight is 362 g/mol. The molecule has 0 bridgehead atoms. The Hall–Kier alpha value is -2.42. The maximum atomic E-state index is 11.7. The van der Waals surface area contributed by atoms with Crippen molar-refractivity contribution in [2.75, 3.05) is 47.8 Å². The zero-order valence-electron chi connectivity index (χ0n) is 14.5. The van der Waals surface area contributed by atoms with Crippen LogP contribution in [0.4, 0.5) is 23.1 Å². The number of sulfone groups is 1. The maximum Gasteiger partial charge on any atom is 0.247 e. The minimum atomic E-state index is -2.96. The first-order chi connectivity index (χ1) is 11.8. The van der Waals surface area contributed by atoms with Gasteiger partial charge in [0.2, 0.25) is 5.95 Å². The lowest BCUT2D eigenvalue weighted by atomic mass is 10.2. The molecule has 1 unspecified atom stereocenters. The van der Waals surface area contributed by atoms with E-state index in [0.29, 0.717) is 18.2 Å². The van der Waals surface area contributed by atoms with Crippen LogP contribution < -0.4 is 15.1 Å². The Labute approximate surface area is 147 Å². The average Bonchev–Trinajstić information content (AvgIpc) is 2.95. The molecule has 25 heavy (non-hydrogen) atoms. The van der Waals surface area contributed by atoms with Crippen LogP contribution in [0, 0.1) is 0 Å².